The number of ether oxygens (including phenoxy) is 3. The van der Waals surface area contributed by atoms with Crippen LogP contribution in [0.15, 0.2) is 18.2 Å². The SMILES string of the molecule is CCOC(=O)C1CCN(CC(O)COc2ccc(OC)cc2C(C)(C)C)CC1. The number of hydrogen-bond acceptors (Lipinski definition) is 6. The van der Waals surface area contributed by atoms with Gasteiger partial charge < -0.3 is 24.2 Å². The highest BCUT2D eigenvalue weighted by atomic mass is 16.5. The Balaban J connectivity index is 1.85. The van der Waals surface area contributed by atoms with E-state index in [1.165, 1.54) is 0 Å². The average molecular weight is 394 g/mol. The third kappa shape index (κ3) is 6.38. The first-order chi connectivity index (χ1) is 13.2. The van der Waals surface area contributed by atoms with E-state index >= 15 is 0 Å². The maximum atomic E-state index is 11.8. The first kappa shape index (κ1) is 22.5. The highest BCUT2D eigenvalue weighted by Gasteiger charge is 2.27. The molecule has 28 heavy (non-hydrogen) atoms. The number of methoxy groups -OCH3 is 1. The molecule has 1 atom stereocenters. The van der Waals surface area contributed by atoms with E-state index in [0.29, 0.717) is 13.2 Å². The highest BCUT2D eigenvalue weighted by molar-refractivity contribution is 5.72. The van der Waals surface area contributed by atoms with Crippen molar-refractivity contribution < 1.29 is 24.1 Å². The van der Waals surface area contributed by atoms with Crippen molar-refractivity contribution in [2.24, 2.45) is 5.92 Å². The van der Waals surface area contributed by atoms with Gasteiger partial charge in [0.2, 0.25) is 0 Å². The number of esters is 1. The molecule has 1 saturated heterocycles. The van der Waals surface area contributed by atoms with Crippen LogP contribution in [0.3, 0.4) is 0 Å². The normalized spacial score (nSPS) is 17.2. The summed E-state index contributed by atoms with van der Waals surface area (Å²) in [6.07, 6.45) is 0.965. The summed E-state index contributed by atoms with van der Waals surface area (Å²) in [5.41, 5.74) is 0.957. The lowest BCUT2D eigenvalue weighted by Gasteiger charge is -2.32. The molecule has 2 rings (SSSR count). The van der Waals surface area contributed by atoms with E-state index in [-0.39, 0.29) is 23.9 Å². The molecule has 0 aromatic heterocycles. The van der Waals surface area contributed by atoms with Crippen LogP contribution in [0.1, 0.15) is 46.1 Å². The molecule has 158 valence electrons. The Hall–Kier alpha value is -1.79. The summed E-state index contributed by atoms with van der Waals surface area (Å²) in [5, 5.41) is 10.4. The molecule has 0 saturated carbocycles. The molecule has 6 nitrogen and oxygen atoms in total. The number of β-amino-alcohol motifs (C(OH)–C–C–N with tert-alkyl or cyclic N) is 1. The molecule has 1 unspecified atom stereocenters. The van der Waals surface area contributed by atoms with E-state index in [2.05, 4.69) is 25.7 Å². The van der Waals surface area contributed by atoms with Crippen LogP contribution in [0.25, 0.3) is 0 Å². The Labute approximate surface area is 168 Å². The van der Waals surface area contributed by atoms with Gasteiger partial charge in [0.05, 0.1) is 19.6 Å². The Morgan fingerprint density at radius 1 is 1.29 bits per heavy atom. The molecular weight excluding hydrogens is 358 g/mol. The number of aliphatic hydroxyl groups excluding tert-OH is 1. The maximum absolute atomic E-state index is 11.8. The van der Waals surface area contributed by atoms with Gasteiger partial charge in [-0.15, -0.1) is 0 Å². The number of likely N-dealkylation sites (tertiary alicyclic amines) is 1. The van der Waals surface area contributed by atoms with Crippen molar-refractivity contribution in [3.05, 3.63) is 23.8 Å². The lowest BCUT2D eigenvalue weighted by atomic mass is 9.86. The molecule has 0 amide bonds. The van der Waals surface area contributed by atoms with Gasteiger partial charge in [0, 0.05) is 12.1 Å². The second-order valence-electron chi connectivity index (χ2n) is 8.40. The fourth-order valence-corrected chi connectivity index (χ4v) is 3.50. The summed E-state index contributed by atoms with van der Waals surface area (Å²) < 4.78 is 16.4. The average Bonchev–Trinajstić information content (AvgIpc) is 2.66. The standard InChI is InChI=1S/C22H35NO5/c1-6-27-21(25)16-9-11-23(12-10-16)14-17(24)15-28-20-8-7-18(26-5)13-19(20)22(2,3)4/h7-8,13,16-17,24H,6,9-12,14-15H2,1-5H3. The van der Waals surface area contributed by atoms with Crippen molar-refractivity contribution in [3.63, 3.8) is 0 Å². The summed E-state index contributed by atoms with van der Waals surface area (Å²) in [4.78, 5) is 14.0. The lowest BCUT2D eigenvalue weighted by molar-refractivity contribution is -0.149. The number of carbonyl (C=O) groups excluding carboxylic acids is 1. The van der Waals surface area contributed by atoms with Crippen LogP contribution in [0.5, 0.6) is 11.5 Å². The van der Waals surface area contributed by atoms with Gasteiger partial charge >= 0.3 is 5.97 Å². The van der Waals surface area contributed by atoms with Crippen LogP contribution < -0.4 is 9.47 Å². The molecule has 1 fully saturated rings. The van der Waals surface area contributed by atoms with Gasteiger partial charge in [-0.3, -0.25) is 4.79 Å². The van der Waals surface area contributed by atoms with Crippen molar-refractivity contribution in [2.75, 3.05) is 40.0 Å². The third-order valence-electron chi connectivity index (χ3n) is 5.10. The second kappa shape index (κ2) is 10.1. The van der Waals surface area contributed by atoms with Crippen LogP contribution in [-0.4, -0.2) is 62.0 Å². The summed E-state index contributed by atoms with van der Waals surface area (Å²) in [7, 11) is 1.65. The second-order valence-corrected chi connectivity index (χ2v) is 8.40. The largest absolute Gasteiger partial charge is 0.497 e. The zero-order valence-corrected chi connectivity index (χ0v) is 17.9. The molecule has 1 aromatic rings. The molecule has 1 N–H and O–H groups in total. The first-order valence-electron chi connectivity index (χ1n) is 10.1. The van der Waals surface area contributed by atoms with Gasteiger partial charge in [0.15, 0.2) is 0 Å². The smallest absolute Gasteiger partial charge is 0.309 e. The molecule has 0 bridgehead atoms. The number of nitrogens with zero attached hydrogens (tertiary/aromatic N) is 1. The predicted octanol–water partition coefficient (Wildman–Crippen LogP) is 3.01. The Bertz CT molecular complexity index is 632. The lowest BCUT2D eigenvalue weighted by Crippen LogP contribution is -2.42. The van der Waals surface area contributed by atoms with Gasteiger partial charge in [0.25, 0.3) is 0 Å². The molecule has 0 radical (unpaired) electrons. The Morgan fingerprint density at radius 2 is 1.96 bits per heavy atom. The number of benzene rings is 1. The number of piperidine rings is 1. The van der Waals surface area contributed by atoms with Gasteiger partial charge in [-0.05, 0) is 56.5 Å². The first-order valence-corrected chi connectivity index (χ1v) is 10.1. The molecule has 1 aliphatic rings. The van der Waals surface area contributed by atoms with Gasteiger partial charge in [-0.25, -0.2) is 0 Å². The molecule has 0 aliphatic carbocycles. The number of aliphatic hydroxyl groups is 1. The molecule has 6 heteroatoms. The highest BCUT2D eigenvalue weighted by Crippen LogP contribution is 2.34. The fourth-order valence-electron chi connectivity index (χ4n) is 3.50. The molecule has 1 heterocycles. The summed E-state index contributed by atoms with van der Waals surface area (Å²) in [5.74, 6) is 1.45. The quantitative estimate of drug-likeness (QED) is 0.685. The minimum absolute atomic E-state index is 0.0155. The predicted molar refractivity (Wildman–Crippen MR) is 109 cm³/mol. The van der Waals surface area contributed by atoms with E-state index in [1.807, 2.05) is 25.1 Å². The van der Waals surface area contributed by atoms with Crippen molar-refractivity contribution in [1.82, 2.24) is 4.90 Å². The monoisotopic (exact) mass is 393 g/mol. The van der Waals surface area contributed by atoms with Crippen LogP contribution in [0, 0.1) is 5.92 Å². The van der Waals surface area contributed by atoms with E-state index in [0.717, 1.165) is 43.0 Å². The topological polar surface area (TPSA) is 68.2 Å². The minimum Gasteiger partial charge on any atom is -0.497 e. The maximum Gasteiger partial charge on any atom is 0.309 e. The van der Waals surface area contributed by atoms with Gasteiger partial charge in [0.1, 0.15) is 24.2 Å². The van der Waals surface area contributed by atoms with Crippen LogP contribution >= 0.6 is 0 Å². The Kier molecular flexibility index (Phi) is 8.13. The van der Waals surface area contributed by atoms with Crippen molar-refractivity contribution in [2.45, 2.75) is 52.1 Å². The van der Waals surface area contributed by atoms with E-state index < -0.39 is 6.10 Å². The summed E-state index contributed by atoms with van der Waals surface area (Å²) in [6, 6.07) is 5.76. The Morgan fingerprint density at radius 3 is 2.54 bits per heavy atom. The third-order valence-corrected chi connectivity index (χ3v) is 5.10. The summed E-state index contributed by atoms with van der Waals surface area (Å²) >= 11 is 0. The van der Waals surface area contributed by atoms with Crippen LogP contribution in [0.4, 0.5) is 0 Å². The zero-order valence-electron chi connectivity index (χ0n) is 17.9. The van der Waals surface area contributed by atoms with Crippen LogP contribution in [0.2, 0.25) is 0 Å². The zero-order chi connectivity index (χ0) is 20.7. The van der Waals surface area contributed by atoms with Crippen molar-refractivity contribution in [3.8, 4) is 11.5 Å². The van der Waals surface area contributed by atoms with E-state index in [9.17, 15) is 9.90 Å². The molecule has 1 aliphatic heterocycles. The van der Waals surface area contributed by atoms with Crippen molar-refractivity contribution >= 4 is 5.97 Å². The van der Waals surface area contributed by atoms with Gasteiger partial charge in [-0.1, -0.05) is 20.8 Å². The van der Waals surface area contributed by atoms with E-state index in [1.54, 1.807) is 7.11 Å². The minimum atomic E-state index is -0.589. The molecule has 1 aromatic carbocycles. The summed E-state index contributed by atoms with van der Waals surface area (Å²) in [6.45, 7) is 11.0. The molecular formula is C22H35NO5. The number of hydrogen-bond donors (Lipinski definition) is 1. The van der Waals surface area contributed by atoms with Crippen LogP contribution in [-0.2, 0) is 14.9 Å². The number of carbonyl (C=O) groups is 1. The fraction of sp³-hybridized carbons (Fsp3) is 0.682. The van der Waals surface area contributed by atoms with Crippen molar-refractivity contribution in [1.29, 1.82) is 0 Å². The van der Waals surface area contributed by atoms with E-state index in [4.69, 9.17) is 14.2 Å². The van der Waals surface area contributed by atoms with Gasteiger partial charge in [-0.2, -0.15) is 0 Å². The number of rotatable bonds is 8. The molecule has 0 spiro atoms.